The average molecular weight is 898 g/mol. The SMILES string of the molecule is CCC(=O)NC1CCC(n2c(=O)cc(C)c3cnc(Nc4ccc(N5CCN(C(=O)CCCCCC#Cc6ccc7c(c6)C(=O)N(C6CCC(=O)N(C)C6=O)C7)CC5)cc4OC)nc32)CC1. The van der Waals surface area contributed by atoms with Gasteiger partial charge in [0.25, 0.3) is 17.4 Å². The second-order valence-electron chi connectivity index (χ2n) is 17.8. The van der Waals surface area contributed by atoms with Crippen LogP contribution < -0.4 is 25.8 Å². The largest absolute Gasteiger partial charge is 0.494 e. The lowest BCUT2D eigenvalue weighted by atomic mass is 9.90. The van der Waals surface area contributed by atoms with Crippen LogP contribution in [0.2, 0.25) is 0 Å². The first-order valence-corrected chi connectivity index (χ1v) is 23.3. The van der Waals surface area contributed by atoms with Gasteiger partial charge in [-0.15, -0.1) is 0 Å². The molecule has 0 spiro atoms. The number of hydrogen-bond donors (Lipinski definition) is 2. The van der Waals surface area contributed by atoms with Crippen molar-refractivity contribution in [2.75, 3.05) is 50.6 Å². The van der Waals surface area contributed by atoms with Crippen LogP contribution in [0.4, 0.5) is 17.3 Å². The maximum atomic E-state index is 13.4. The fraction of sp³-hybridized carbons (Fsp3) is 0.480. The Kier molecular flexibility index (Phi) is 14.0. The Morgan fingerprint density at radius 3 is 2.47 bits per heavy atom. The number of benzene rings is 2. The van der Waals surface area contributed by atoms with Crippen LogP contribution >= 0.6 is 0 Å². The number of piperidine rings is 1. The maximum Gasteiger partial charge on any atom is 0.255 e. The summed E-state index contributed by atoms with van der Waals surface area (Å²) >= 11 is 0. The highest BCUT2D eigenvalue weighted by Crippen LogP contribution is 2.34. The molecule has 2 aromatic heterocycles. The van der Waals surface area contributed by atoms with Crippen LogP contribution in [0.5, 0.6) is 5.75 Å². The molecule has 0 bridgehead atoms. The van der Waals surface area contributed by atoms with Crippen molar-refractivity contribution in [3.8, 4) is 17.6 Å². The Hall–Kier alpha value is -6.76. The van der Waals surface area contributed by atoms with Crippen molar-refractivity contribution in [2.45, 2.75) is 116 Å². The number of piperazine rings is 1. The van der Waals surface area contributed by atoms with E-state index in [0.717, 1.165) is 77.6 Å². The number of imide groups is 1. The zero-order valence-corrected chi connectivity index (χ0v) is 38.4. The number of hydrogen-bond acceptors (Lipinski definition) is 11. The highest BCUT2D eigenvalue weighted by Gasteiger charge is 2.41. The van der Waals surface area contributed by atoms with Gasteiger partial charge in [-0.2, -0.15) is 4.98 Å². The van der Waals surface area contributed by atoms with E-state index in [0.29, 0.717) is 87.0 Å². The average Bonchev–Trinajstić information content (AvgIpc) is 3.65. The molecule has 2 saturated heterocycles. The number of likely N-dealkylation sites (N-methyl/N-ethyl adjacent to an activating group) is 1. The quantitative estimate of drug-likeness (QED) is 0.0968. The normalized spacial score (nSPS) is 19.7. The van der Waals surface area contributed by atoms with E-state index in [4.69, 9.17) is 9.72 Å². The molecule has 5 amide bonds. The molecule has 1 atom stereocenters. The number of pyridine rings is 1. The number of amides is 5. The van der Waals surface area contributed by atoms with Gasteiger partial charge in [0.15, 0.2) is 0 Å². The third kappa shape index (κ3) is 9.90. The van der Waals surface area contributed by atoms with Crippen molar-refractivity contribution < 1.29 is 28.7 Å². The Morgan fingerprint density at radius 2 is 1.71 bits per heavy atom. The molecule has 16 nitrogen and oxygen atoms in total. The Bertz CT molecular complexity index is 2650. The molecular weight excluding hydrogens is 839 g/mol. The number of fused-ring (bicyclic) bond motifs is 2. The molecule has 1 unspecified atom stereocenters. The summed E-state index contributed by atoms with van der Waals surface area (Å²) in [5.74, 6) is 6.80. The first-order chi connectivity index (χ1) is 31.9. The summed E-state index contributed by atoms with van der Waals surface area (Å²) in [5, 5.41) is 7.23. The van der Waals surface area contributed by atoms with Crippen molar-refractivity contribution in [2.24, 2.45) is 0 Å². The molecule has 1 saturated carbocycles. The summed E-state index contributed by atoms with van der Waals surface area (Å²) < 4.78 is 7.61. The van der Waals surface area contributed by atoms with Gasteiger partial charge < -0.3 is 30.1 Å². The zero-order chi connectivity index (χ0) is 46.5. The molecular formula is C50H59N9O7. The molecule has 16 heteroatoms. The first-order valence-electron chi connectivity index (χ1n) is 23.3. The Balaban J connectivity index is 0.789. The highest BCUT2D eigenvalue weighted by molar-refractivity contribution is 6.05. The van der Waals surface area contributed by atoms with E-state index < -0.39 is 6.04 Å². The van der Waals surface area contributed by atoms with Crippen LogP contribution in [0.25, 0.3) is 11.0 Å². The fourth-order valence-corrected chi connectivity index (χ4v) is 9.64. The van der Waals surface area contributed by atoms with Gasteiger partial charge in [0.1, 0.15) is 17.4 Å². The number of anilines is 3. The highest BCUT2D eigenvalue weighted by atomic mass is 16.5. The van der Waals surface area contributed by atoms with Gasteiger partial charge in [-0.3, -0.25) is 38.2 Å². The van der Waals surface area contributed by atoms with Crippen LogP contribution in [0.15, 0.2) is 53.5 Å². The lowest BCUT2D eigenvalue weighted by Crippen LogP contribution is -2.53. The minimum atomic E-state index is -0.627. The lowest BCUT2D eigenvalue weighted by Gasteiger charge is -2.36. The number of methoxy groups -OCH3 is 1. The van der Waals surface area contributed by atoms with Crippen LogP contribution in [0.3, 0.4) is 0 Å². The lowest BCUT2D eigenvalue weighted by molar-refractivity contribution is -0.150. The van der Waals surface area contributed by atoms with Gasteiger partial charge in [-0.25, -0.2) is 4.98 Å². The van der Waals surface area contributed by atoms with Crippen molar-refractivity contribution in [3.63, 3.8) is 0 Å². The van der Waals surface area contributed by atoms with Gasteiger partial charge in [-0.1, -0.05) is 31.3 Å². The predicted octanol–water partition coefficient (Wildman–Crippen LogP) is 5.62. The van der Waals surface area contributed by atoms with Crippen molar-refractivity contribution >= 4 is 57.9 Å². The van der Waals surface area contributed by atoms with E-state index >= 15 is 0 Å². The van der Waals surface area contributed by atoms with Gasteiger partial charge in [0.2, 0.25) is 23.7 Å². The van der Waals surface area contributed by atoms with Gasteiger partial charge in [0.05, 0.1) is 12.8 Å². The number of carbonyl (C=O) groups is 5. The molecule has 66 heavy (non-hydrogen) atoms. The van der Waals surface area contributed by atoms with E-state index in [1.165, 1.54) is 7.05 Å². The van der Waals surface area contributed by atoms with Crippen LogP contribution in [0.1, 0.15) is 117 Å². The summed E-state index contributed by atoms with van der Waals surface area (Å²) in [4.78, 5) is 92.8. The third-order valence-electron chi connectivity index (χ3n) is 13.5. The van der Waals surface area contributed by atoms with Crippen LogP contribution in [-0.2, 0) is 25.7 Å². The van der Waals surface area contributed by atoms with Crippen LogP contribution in [-0.4, -0.2) is 111 Å². The van der Waals surface area contributed by atoms with Crippen molar-refractivity contribution in [3.05, 3.63) is 81.3 Å². The molecule has 1 aliphatic carbocycles. The molecule has 8 rings (SSSR count). The topological polar surface area (TPSA) is 179 Å². The Morgan fingerprint density at radius 1 is 0.924 bits per heavy atom. The summed E-state index contributed by atoms with van der Waals surface area (Å²) in [5.41, 5.74) is 5.13. The number of rotatable bonds is 13. The van der Waals surface area contributed by atoms with E-state index in [1.54, 1.807) is 34.9 Å². The molecule has 2 N–H and O–H groups in total. The molecule has 5 heterocycles. The molecule has 2 aromatic carbocycles. The molecule has 4 aromatic rings. The van der Waals surface area contributed by atoms with E-state index in [2.05, 4.69) is 32.4 Å². The molecule has 4 aliphatic rings. The monoisotopic (exact) mass is 897 g/mol. The predicted molar refractivity (Wildman–Crippen MR) is 250 cm³/mol. The number of unbranched alkanes of at least 4 members (excludes halogenated alkanes) is 3. The van der Waals surface area contributed by atoms with Crippen molar-refractivity contribution in [1.82, 2.24) is 34.6 Å². The van der Waals surface area contributed by atoms with Crippen molar-refractivity contribution in [1.29, 1.82) is 0 Å². The van der Waals surface area contributed by atoms with Crippen LogP contribution in [0, 0.1) is 18.8 Å². The van der Waals surface area contributed by atoms with E-state index in [1.807, 2.05) is 49.1 Å². The number of aryl methyl sites for hydroxylation is 1. The summed E-state index contributed by atoms with van der Waals surface area (Å²) in [6.07, 6.45) is 9.63. The summed E-state index contributed by atoms with van der Waals surface area (Å²) in [6, 6.07) is 12.6. The molecule has 3 fully saturated rings. The standard InChI is InChI=1S/C50H59N9O7/c1-5-43(60)52-35-15-17-36(18-16-35)59-46(63)27-32(2)39-30-51-50(54-47(39)59)53-40-20-19-37(29-42(40)66-4)56-23-25-57(26-24-56)45(62)12-10-8-6-7-9-11-33-13-14-34-31-58(48(64)38(34)28-33)41-21-22-44(61)55(3)49(41)65/h13-14,19-20,27-30,35-36,41H,5-8,10,12,15-18,21-26,31H2,1-4H3,(H,52,60)(H,51,53,54). The smallest absolute Gasteiger partial charge is 0.255 e. The fourth-order valence-electron chi connectivity index (χ4n) is 9.64. The van der Waals surface area contributed by atoms with E-state index in [9.17, 15) is 28.8 Å². The zero-order valence-electron chi connectivity index (χ0n) is 38.4. The number of likely N-dealkylation sites (tertiary alicyclic amines) is 1. The number of ether oxygens (including phenoxy) is 1. The maximum absolute atomic E-state index is 13.4. The second kappa shape index (κ2) is 20.2. The number of carbonyl (C=O) groups excluding carboxylic acids is 5. The third-order valence-corrected chi connectivity index (χ3v) is 13.5. The van der Waals surface area contributed by atoms with Gasteiger partial charge in [0, 0.05) is 118 Å². The molecule has 0 radical (unpaired) electrons. The Labute approximate surface area is 385 Å². The molecule has 3 aliphatic heterocycles. The van der Waals surface area contributed by atoms with E-state index in [-0.39, 0.29) is 53.6 Å². The van der Waals surface area contributed by atoms with Gasteiger partial charge >= 0.3 is 0 Å². The first kappa shape index (κ1) is 45.8. The summed E-state index contributed by atoms with van der Waals surface area (Å²) in [7, 11) is 3.09. The summed E-state index contributed by atoms with van der Waals surface area (Å²) in [6.45, 7) is 6.73. The number of nitrogens with zero attached hydrogens (tertiary/aromatic N) is 7. The van der Waals surface area contributed by atoms with Gasteiger partial charge in [-0.05, 0) is 87.3 Å². The minimum Gasteiger partial charge on any atom is -0.494 e. The minimum absolute atomic E-state index is 0.0335. The number of nitrogens with one attached hydrogen (secondary N) is 2. The number of aromatic nitrogens is 3. The molecule has 346 valence electrons. The second-order valence-corrected chi connectivity index (χ2v) is 17.8.